The average Bonchev–Trinajstić information content (AvgIpc) is 3.16. The molecule has 2 aromatic rings. The molecule has 148 valence electrons. The molecule has 0 radical (unpaired) electrons. The van der Waals surface area contributed by atoms with Crippen LogP contribution in [0.2, 0.25) is 0 Å². The van der Waals surface area contributed by atoms with E-state index in [1.807, 2.05) is 12.1 Å². The molecule has 4 nitrogen and oxygen atoms in total. The van der Waals surface area contributed by atoms with Crippen LogP contribution in [0.3, 0.4) is 0 Å². The van der Waals surface area contributed by atoms with Gasteiger partial charge in [-0.1, -0.05) is 31.0 Å². The molecule has 5 rings (SSSR count). The van der Waals surface area contributed by atoms with Gasteiger partial charge in [0.25, 0.3) is 0 Å². The molecule has 3 atom stereocenters. The Morgan fingerprint density at radius 2 is 1.96 bits per heavy atom. The quantitative estimate of drug-likeness (QED) is 0.852. The molecular weight excluding hydrogens is 357 g/mol. The van der Waals surface area contributed by atoms with Gasteiger partial charge in [0.1, 0.15) is 5.82 Å². The number of piperidine rings is 1. The third-order valence-corrected chi connectivity index (χ3v) is 6.68. The second kappa shape index (κ2) is 7.05. The average molecular weight is 383 g/mol. The van der Waals surface area contributed by atoms with Crippen molar-refractivity contribution in [3.05, 3.63) is 59.4 Å². The van der Waals surface area contributed by atoms with Gasteiger partial charge in [0.2, 0.25) is 6.79 Å². The van der Waals surface area contributed by atoms with Crippen LogP contribution in [0.4, 0.5) is 4.39 Å². The lowest BCUT2D eigenvalue weighted by Crippen LogP contribution is -2.54. The number of fused-ring (bicyclic) bond motifs is 2. The van der Waals surface area contributed by atoms with E-state index < -0.39 is 5.60 Å². The van der Waals surface area contributed by atoms with Crippen molar-refractivity contribution in [2.45, 2.75) is 50.3 Å². The van der Waals surface area contributed by atoms with Crippen molar-refractivity contribution in [3.8, 4) is 11.5 Å². The zero-order valence-corrected chi connectivity index (χ0v) is 15.9. The fourth-order valence-corrected chi connectivity index (χ4v) is 5.33. The smallest absolute Gasteiger partial charge is 0.231 e. The lowest BCUT2D eigenvalue weighted by Gasteiger charge is -2.52. The predicted molar refractivity (Wildman–Crippen MR) is 104 cm³/mol. The Balaban J connectivity index is 1.51. The van der Waals surface area contributed by atoms with Gasteiger partial charge in [-0.25, -0.2) is 4.39 Å². The fourth-order valence-electron chi connectivity index (χ4n) is 5.33. The van der Waals surface area contributed by atoms with E-state index in [9.17, 15) is 9.50 Å². The SMILES string of the molecule is O[C@]12CCCC[C@H]1[C@@H](c1ccc3c(c1)OCO3)N(Cc1cccc(F)c1)CC2. The van der Waals surface area contributed by atoms with Crippen LogP contribution in [-0.4, -0.2) is 28.9 Å². The van der Waals surface area contributed by atoms with Gasteiger partial charge in [0.15, 0.2) is 11.5 Å². The molecule has 1 N–H and O–H groups in total. The van der Waals surface area contributed by atoms with Gasteiger partial charge in [-0.15, -0.1) is 0 Å². The highest BCUT2D eigenvalue weighted by Gasteiger charge is 2.49. The maximum Gasteiger partial charge on any atom is 0.231 e. The van der Waals surface area contributed by atoms with Gasteiger partial charge in [0.05, 0.1) is 5.60 Å². The molecule has 2 aromatic carbocycles. The maximum atomic E-state index is 13.7. The van der Waals surface area contributed by atoms with E-state index in [1.165, 1.54) is 6.07 Å². The van der Waals surface area contributed by atoms with E-state index in [2.05, 4.69) is 17.0 Å². The zero-order chi connectivity index (χ0) is 19.1. The Bertz CT molecular complexity index is 873. The van der Waals surface area contributed by atoms with Gasteiger partial charge in [-0.05, 0) is 54.7 Å². The van der Waals surface area contributed by atoms with E-state index in [4.69, 9.17) is 9.47 Å². The molecule has 0 aromatic heterocycles. The Morgan fingerprint density at radius 1 is 1.07 bits per heavy atom. The third-order valence-electron chi connectivity index (χ3n) is 6.68. The van der Waals surface area contributed by atoms with Crippen LogP contribution < -0.4 is 9.47 Å². The zero-order valence-electron chi connectivity index (χ0n) is 15.9. The van der Waals surface area contributed by atoms with Crippen molar-refractivity contribution in [3.63, 3.8) is 0 Å². The molecular formula is C23H26FNO3. The van der Waals surface area contributed by atoms with Gasteiger partial charge in [-0.3, -0.25) is 4.90 Å². The van der Waals surface area contributed by atoms with Crippen molar-refractivity contribution in [2.75, 3.05) is 13.3 Å². The summed E-state index contributed by atoms with van der Waals surface area (Å²) in [7, 11) is 0. The minimum Gasteiger partial charge on any atom is -0.454 e. The third kappa shape index (κ3) is 3.16. The highest BCUT2D eigenvalue weighted by molar-refractivity contribution is 5.45. The number of nitrogens with zero attached hydrogens (tertiary/aromatic N) is 1. The summed E-state index contributed by atoms with van der Waals surface area (Å²) in [4.78, 5) is 2.40. The lowest BCUT2D eigenvalue weighted by molar-refractivity contribution is -0.126. The van der Waals surface area contributed by atoms with Crippen LogP contribution in [-0.2, 0) is 6.54 Å². The number of hydrogen-bond donors (Lipinski definition) is 1. The largest absolute Gasteiger partial charge is 0.454 e. The Labute approximate surface area is 164 Å². The lowest BCUT2D eigenvalue weighted by atomic mass is 9.66. The number of likely N-dealkylation sites (tertiary alicyclic amines) is 1. The minimum atomic E-state index is -0.613. The number of aliphatic hydroxyl groups is 1. The number of rotatable bonds is 3. The van der Waals surface area contributed by atoms with E-state index in [-0.39, 0.29) is 24.6 Å². The fraction of sp³-hybridized carbons (Fsp3) is 0.478. The molecule has 3 aliphatic rings. The molecule has 5 heteroatoms. The van der Waals surface area contributed by atoms with Gasteiger partial charge < -0.3 is 14.6 Å². The summed E-state index contributed by atoms with van der Waals surface area (Å²) in [6, 6.07) is 13.0. The first kappa shape index (κ1) is 18.0. The standard InChI is InChI=1S/C23H26FNO3/c24-18-5-3-4-16(12-18)14-25-11-10-23(26)9-2-1-6-19(23)22(25)17-7-8-20-21(13-17)28-15-27-20/h3-5,7-8,12-13,19,22,26H,1-2,6,9-11,14-15H2/t19-,22+,23-/m0/s1. The summed E-state index contributed by atoms with van der Waals surface area (Å²) in [6.45, 7) is 1.72. The molecule has 2 heterocycles. The topological polar surface area (TPSA) is 41.9 Å². The first-order valence-electron chi connectivity index (χ1n) is 10.2. The molecule has 0 amide bonds. The van der Waals surface area contributed by atoms with Crippen molar-refractivity contribution >= 4 is 0 Å². The van der Waals surface area contributed by atoms with Crippen LogP contribution in [0, 0.1) is 11.7 Å². The number of ether oxygens (including phenoxy) is 2. The van der Waals surface area contributed by atoms with Crippen molar-refractivity contribution < 1.29 is 19.0 Å². The first-order chi connectivity index (χ1) is 13.6. The minimum absolute atomic E-state index is 0.0804. The van der Waals surface area contributed by atoms with Crippen LogP contribution in [0.5, 0.6) is 11.5 Å². The van der Waals surface area contributed by atoms with Gasteiger partial charge in [-0.2, -0.15) is 0 Å². The Morgan fingerprint density at radius 3 is 2.86 bits per heavy atom. The molecule has 1 saturated heterocycles. The Kier molecular flexibility index (Phi) is 4.52. The molecule has 1 aliphatic carbocycles. The van der Waals surface area contributed by atoms with E-state index >= 15 is 0 Å². The van der Waals surface area contributed by atoms with E-state index in [0.29, 0.717) is 6.54 Å². The van der Waals surface area contributed by atoms with Crippen molar-refractivity contribution in [2.24, 2.45) is 5.92 Å². The Hall–Kier alpha value is -2.11. The van der Waals surface area contributed by atoms with Crippen LogP contribution in [0.1, 0.15) is 49.3 Å². The normalized spacial score (nSPS) is 29.5. The van der Waals surface area contributed by atoms with Crippen LogP contribution in [0.15, 0.2) is 42.5 Å². The molecule has 28 heavy (non-hydrogen) atoms. The van der Waals surface area contributed by atoms with Crippen LogP contribution in [0.25, 0.3) is 0 Å². The van der Waals surface area contributed by atoms with Gasteiger partial charge >= 0.3 is 0 Å². The monoisotopic (exact) mass is 383 g/mol. The molecule has 1 saturated carbocycles. The molecule has 0 unspecified atom stereocenters. The van der Waals surface area contributed by atoms with Gasteiger partial charge in [0, 0.05) is 25.0 Å². The predicted octanol–water partition coefficient (Wildman–Crippen LogP) is 4.42. The second-order valence-electron chi connectivity index (χ2n) is 8.36. The highest BCUT2D eigenvalue weighted by Crippen LogP contribution is 2.50. The molecule has 0 spiro atoms. The summed E-state index contributed by atoms with van der Waals surface area (Å²) in [5.74, 6) is 1.51. The van der Waals surface area contributed by atoms with Crippen molar-refractivity contribution in [1.82, 2.24) is 4.90 Å². The second-order valence-corrected chi connectivity index (χ2v) is 8.36. The summed E-state index contributed by atoms with van der Waals surface area (Å²) in [5.41, 5.74) is 1.50. The van der Waals surface area contributed by atoms with E-state index in [0.717, 1.165) is 61.3 Å². The number of benzene rings is 2. The summed E-state index contributed by atoms with van der Waals surface area (Å²) < 4.78 is 24.8. The molecule has 2 aliphatic heterocycles. The number of halogens is 1. The first-order valence-corrected chi connectivity index (χ1v) is 10.2. The van der Waals surface area contributed by atoms with Crippen molar-refractivity contribution in [1.29, 1.82) is 0 Å². The summed E-state index contributed by atoms with van der Waals surface area (Å²) >= 11 is 0. The summed E-state index contributed by atoms with van der Waals surface area (Å²) in [5, 5.41) is 11.4. The maximum absolute atomic E-state index is 13.7. The highest BCUT2D eigenvalue weighted by atomic mass is 19.1. The number of hydrogen-bond acceptors (Lipinski definition) is 4. The van der Waals surface area contributed by atoms with Crippen LogP contribution >= 0.6 is 0 Å². The summed E-state index contributed by atoms with van der Waals surface area (Å²) in [6.07, 6.45) is 4.88. The molecule has 0 bridgehead atoms. The van der Waals surface area contributed by atoms with E-state index in [1.54, 1.807) is 12.1 Å². The molecule has 2 fully saturated rings.